The number of nitrogens with one attached hydrogen (secondary N) is 1. The maximum absolute atomic E-state index is 6.17. The molecule has 1 aliphatic rings. The zero-order chi connectivity index (χ0) is 14.5. The van der Waals surface area contributed by atoms with Crippen LogP contribution in [0.3, 0.4) is 0 Å². The molecule has 2 rings (SSSR count). The van der Waals surface area contributed by atoms with Gasteiger partial charge in [-0.05, 0) is 55.1 Å². The molecule has 1 saturated carbocycles. The van der Waals surface area contributed by atoms with Gasteiger partial charge in [-0.2, -0.15) is 0 Å². The molecule has 20 heavy (non-hydrogen) atoms. The van der Waals surface area contributed by atoms with Crippen molar-refractivity contribution in [2.45, 2.75) is 32.7 Å². The van der Waals surface area contributed by atoms with E-state index < -0.39 is 0 Å². The molecule has 0 bridgehead atoms. The lowest BCUT2D eigenvalue weighted by Gasteiger charge is -2.25. The first-order chi connectivity index (χ1) is 9.60. The average Bonchev–Trinajstić information content (AvgIpc) is 3.21. The van der Waals surface area contributed by atoms with E-state index in [9.17, 15) is 0 Å². The molecule has 1 aromatic carbocycles. The minimum absolute atomic E-state index is 0.639. The standard InChI is InChI=1S/C15H20Cl2N2S/c1-2-7-19(10-11-3-4-11)15(20)18-9-12-5-6-13(16)8-14(12)17/h5-6,8,11H,2-4,7,9-10H2,1H3,(H,18,20). The van der Waals surface area contributed by atoms with Crippen LogP contribution in [0.4, 0.5) is 0 Å². The Morgan fingerprint density at radius 3 is 2.75 bits per heavy atom. The Kier molecular flexibility index (Phi) is 5.94. The Hall–Kier alpha value is -0.510. The summed E-state index contributed by atoms with van der Waals surface area (Å²) in [7, 11) is 0. The summed E-state index contributed by atoms with van der Waals surface area (Å²) >= 11 is 17.6. The topological polar surface area (TPSA) is 15.3 Å². The van der Waals surface area contributed by atoms with Gasteiger partial charge >= 0.3 is 0 Å². The van der Waals surface area contributed by atoms with Gasteiger partial charge in [0.25, 0.3) is 0 Å². The molecular formula is C15H20Cl2N2S. The van der Waals surface area contributed by atoms with Crippen molar-refractivity contribution in [1.82, 2.24) is 10.2 Å². The minimum atomic E-state index is 0.639. The highest BCUT2D eigenvalue weighted by molar-refractivity contribution is 7.80. The monoisotopic (exact) mass is 330 g/mol. The number of rotatable bonds is 6. The van der Waals surface area contributed by atoms with E-state index in [1.165, 1.54) is 12.8 Å². The molecule has 0 atom stereocenters. The van der Waals surface area contributed by atoms with E-state index in [0.717, 1.165) is 36.1 Å². The number of hydrogen-bond acceptors (Lipinski definition) is 1. The summed E-state index contributed by atoms with van der Waals surface area (Å²) in [6.07, 6.45) is 3.79. The molecule has 0 unspecified atom stereocenters. The average molecular weight is 331 g/mol. The van der Waals surface area contributed by atoms with Crippen molar-refractivity contribution in [3.63, 3.8) is 0 Å². The fraction of sp³-hybridized carbons (Fsp3) is 0.533. The summed E-state index contributed by atoms with van der Waals surface area (Å²) in [4.78, 5) is 2.27. The van der Waals surface area contributed by atoms with Crippen molar-refractivity contribution in [3.8, 4) is 0 Å². The number of benzene rings is 1. The summed E-state index contributed by atoms with van der Waals surface area (Å²) in [5.74, 6) is 0.834. The van der Waals surface area contributed by atoms with Crippen molar-refractivity contribution in [1.29, 1.82) is 0 Å². The van der Waals surface area contributed by atoms with E-state index in [1.807, 2.05) is 12.1 Å². The molecule has 0 saturated heterocycles. The molecule has 0 spiro atoms. The zero-order valence-electron chi connectivity index (χ0n) is 11.7. The largest absolute Gasteiger partial charge is 0.358 e. The van der Waals surface area contributed by atoms with Crippen molar-refractivity contribution in [2.75, 3.05) is 13.1 Å². The van der Waals surface area contributed by atoms with Crippen LogP contribution in [0.2, 0.25) is 10.0 Å². The van der Waals surface area contributed by atoms with Gasteiger partial charge in [-0.1, -0.05) is 36.2 Å². The third-order valence-corrected chi connectivity index (χ3v) is 4.39. The smallest absolute Gasteiger partial charge is 0.169 e. The SMILES string of the molecule is CCCN(CC1CC1)C(=S)NCc1ccc(Cl)cc1Cl. The highest BCUT2D eigenvalue weighted by atomic mass is 35.5. The molecule has 1 N–H and O–H groups in total. The summed E-state index contributed by atoms with van der Waals surface area (Å²) in [5, 5.41) is 5.46. The second kappa shape index (κ2) is 7.48. The van der Waals surface area contributed by atoms with Crippen molar-refractivity contribution >= 4 is 40.5 Å². The van der Waals surface area contributed by atoms with Crippen molar-refractivity contribution in [2.24, 2.45) is 5.92 Å². The Bertz CT molecular complexity index is 475. The van der Waals surface area contributed by atoms with Crippen LogP contribution >= 0.6 is 35.4 Å². The predicted molar refractivity (Wildman–Crippen MR) is 90.5 cm³/mol. The van der Waals surface area contributed by atoms with Crippen LogP contribution < -0.4 is 5.32 Å². The molecule has 0 amide bonds. The Morgan fingerprint density at radius 2 is 2.15 bits per heavy atom. The molecule has 0 radical (unpaired) electrons. The fourth-order valence-corrected chi connectivity index (χ4v) is 2.82. The predicted octanol–water partition coefficient (Wildman–Crippen LogP) is 4.49. The summed E-state index contributed by atoms with van der Waals surface area (Å²) in [6.45, 7) is 4.91. The highest BCUT2D eigenvalue weighted by Gasteiger charge is 2.25. The molecule has 0 aromatic heterocycles. The lowest BCUT2D eigenvalue weighted by atomic mass is 10.2. The van der Waals surface area contributed by atoms with Gasteiger partial charge in [0, 0.05) is 29.7 Å². The van der Waals surface area contributed by atoms with E-state index in [-0.39, 0.29) is 0 Å². The molecule has 110 valence electrons. The fourth-order valence-electron chi connectivity index (χ4n) is 2.11. The summed E-state index contributed by atoms with van der Waals surface area (Å²) < 4.78 is 0. The highest BCUT2D eigenvalue weighted by Crippen LogP contribution is 2.29. The second-order valence-electron chi connectivity index (χ2n) is 5.28. The van der Waals surface area contributed by atoms with Crippen LogP contribution in [0, 0.1) is 5.92 Å². The van der Waals surface area contributed by atoms with Gasteiger partial charge < -0.3 is 10.2 Å². The van der Waals surface area contributed by atoms with E-state index in [0.29, 0.717) is 16.6 Å². The first-order valence-electron chi connectivity index (χ1n) is 7.07. The summed E-state index contributed by atoms with van der Waals surface area (Å²) in [6, 6.07) is 5.55. The van der Waals surface area contributed by atoms with Crippen molar-refractivity contribution < 1.29 is 0 Å². The van der Waals surface area contributed by atoms with Crippen LogP contribution in [0.5, 0.6) is 0 Å². The summed E-state index contributed by atoms with van der Waals surface area (Å²) in [5.41, 5.74) is 1.02. The third kappa shape index (κ3) is 4.80. The minimum Gasteiger partial charge on any atom is -0.358 e. The second-order valence-corrected chi connectivity index (χ2v) is 6.51. The zero-order valence-corrected chi connectivity index (χ0v) is 14.0. The number of thiocarbonyl (C=S) groups is 1. The van der Waals surface area contributed by atoms with Crippen LogP contribution in [-0.2, 0) is 6.54 Å². The van der Waals surface area contributed by atoms with Crippen LogP contribution in [-0.4, -0.2) is 23.1 Å². The number of halogens is 2. The molecule has 0 heterocycles. The van der Waals surface area contributed by atoms with E-state index in [4.69, 9.17) is 35.4 Å². The first kappa shape index (κ1) is 15.9. The van der Waals surface area contributed by atoms with Crippen LogP contribution in [0.1, 0.15) is 31.7 Å². The molecular weight excluding hydrogens is 311 g/mol. The Balaban J connectivity index is 1.88. The molecule has 0 aliphatic heterocycles. The Labute approximate surface area is 136 Å². The molecule has 1 aliphatic carbocycles. The van der Waals surface area contributed by atoms with Gasteiger partial charge in [0.2, 0.25) is 0 Å². The quantitative estimate of drug-likeness (QED) is 0.773. The van der Waals surface area contributed by atoms with E-state index in [2.05, 4.69) is 17.1 Å². The van der Waals surface area contributed by atoms with Gasteiger partial charge in [0.15, 0.2) is 5.11 Å². The van der Waals surface area contributed by atoms with Gasteiger partial charge in [-0.25, -0.2) is 0 Å². The molecule has 2 nitrogen and oxygen atoms in total. The van der Waals surface area contributed by atoms with Crippen LogP contribution in [0.25, 0.3) is 0 Å². The number of nitrogens with zero attached hydrogens (tertiary/aromatic N) is 1. The third-order valence-electron chi connectivity index (χ3n) is 3.40. The van der Waals surface area contributed by atoms with Gasteiger partial charge in [-0.15, -0.1) is 0 Å². The lowest BCUT2D eigenvalue weighted by molar-refractivity contribution is 0.392. The van der Waals surface area contributed by atoms with Gasteiger partial charge in [-0.3, -0.25) is 0 Å². The van der Waals surface area contributed by atoms with Gasteiger partial charge in [0.05, 0.1) is 0 Å². The molecule has 1 aromatic rings. The maximum Gasteiger partial charge on any atom is 0.169 e. The van der Waals surface area contributed by atoms with Crippen molar-refractivity contribution in [3.05, 3.63) is 33.8 Å². The van der Waals surface area contributed by atoms with E-state index in [1.54, 1.807) is 6.07 Å². The van der Waals surface area contributed by atoms with Gasteiger partial charge in [0.1, 0.15) is 0 Å². The molecule has 1 fully saturated rings. The normalized spacial score (nSPS) is 14.2. The first-order valence-corrected chi connectivity index (χ1v) is 8.23. The van der Waals surface area contributed by atoms with E-state index >= 15 is 0 Å². The van der Waals surface area contributed by atoms with Crippen LogP contribution in [0.15, 0.2) is 18.2 Å². The molecule has 5 heteroatoms. The Morgan fingerprint density at radius 1 is 1.40 bits per heavy atom. The lowest BCUT2D eigenvalue weighted by Crippen LogP contribution is -2.41. The number of hydrogen-bond donors (Lipinski definition) is 1. The maximum atomic E-state index is 6.17.